The Kier molecular flexibility index (Phi) is 5.47. The van der Waals surface area contributed by atoms with Crippen molar-refractivity contribution < 1.29 is 24.0 Å². The van der Waals surface area contributed by atoms with Crippen molar-refractivity contribution in [1.82, 2.24) is 5.32 Å². The molecule has 2 amide bonds. The van der Waals surface area contributed by atoms with Crippen LogP contribution >= 0.6 is 0 Å². The highest BCUT2D eigenvalue weighted by Gasteiger charge is 2.21. The molecule has 1 fully saturated rings. The summed E-state index contributed by atoms with van der Waals surface area (Å²) in [6.07, 6.45) is 1.71. The summed E-state index contributed by atoms with van der Waals surface area (Å²) >= 11 is 0. The molecule has 1 saturated heterocycles. The van der Waals surface area contributed by atoms with Gasteiger partial charge in [0.15, 0.2) is 0 Å². The Morgan fingerprint density at radius 2 is 2.22 bits per heavy atom. The van der Waals surface area contributed by atoms with E-state index in [0.29, 0.717) is 6.61 Å². The normalized spacial score (nSPS) is 16.7. The Labute approximate surface area is 132 Å². The number of anilines is 1. The number of carbonyl (C=O) groups excluding carboxylic acids is 2. The smallest absolute Gasteiger partial charge is 0.313 e. The summed E-state index contributed by atoms with van der Waals surface area (Å²) in [5.74, 6) is -1.59. The molecule has 1 aliphatic heterocycles. The number of hydrogen-bond acceptors (Lipinski definition) is 6. The second kappa shape index (κ2) is 7.54. The highest BCUT2D eigenvalue weighted by Crippen LogP contribution is 2.28. The summed E-state index contributed by atoms with van der Waals surface area (Å²) in [5, 5.41) is 15.6. The number of rotatable bonds is 5. The van der Waals surface area contributed by atoms with Gasteiger partial charge < -0.3 is 20.1 Å². The molecule has 9 nitrogen and oxygen atoms in total. The first-order chi connectivity index (χ1) is 11.0. The minimum absolute atomic E-state index is 0.0688. The van der Waals surface area contributed by atoms with Crippen molar-refractivity contribution in [3.63, 3.8) is 0 Å². The number of hydrogen-bond donors (Lipinski definition) is 2. The maximum atomic E-state index is 11.9. The van der Waals surface area contributed by atoms with Crippen molar-refractivity contribution >= 4 is 23.2 Å². The minimum Gasteiger partial charge on any atom is -0.494 e. The summed E-state index contributed by atoms with van der Waals surface area (Å²) < 4.78 is 10.3. The second-order valence-electron chi connectivity index (χ2n) is 4.94. The van der Waals surface area contributed by atoms with Crippen LogP contribution in [0.1, 0.15) is 12.8 Å². The first-order valence-electron chi connectivity index (χ1n) is 7.04. The van der Waals surface area contributed by atoms with Crippen LogP contribution in [-0.4, -0.2) is 43.1 Å². The predicted molar refractivity (Wildman–Crippen MR) is 80.3 cm³/mol. The first kappa shape index (κ1) is 16.7. The van der Waals surface area contributed by atoms with E-state index in [0.717, 1.165) is 12.8 Å². The Balaban J connectivity index is 1.95. The number of benzene rings is 1. The number of ether oxygens (including phenoxy) is 2. The Bertz CT molecular complexity index is 613. The van der Waals surface area contributed by atoms with Crippen molar-refractivity contribution in [3.8, 4) is 5.75 Å². The fourth-order valence-corrected chi connectivity index (χ4v) is 2.17. The summed E-state index contributed by atoms with van der Waals surface area (Å²) in [6.45, 7) is 0.927. The van der Waals surface area contributed by atoms with E-state index in [9.17, 15) is 19.7 Å². The number of nitro benzene ring substituents is 1. The standard InChI is InChI=1S/C14H17N3O6/c1-22-12-7-9(17(20)21)4-5-11(12)16-14(19)13(18)15-8-10-3-2-6-23-10/h4-5,7,10H,2-3,6,8H2,1H3,(H,15,18)(H,16,19). The number of non-ortho nitro benzene ring substituents is 1. The molecule has 23 heavy (non-hydrogen) atoms. The van der Waals surface area contributed by atoms with E-state index in [-0.39, 0.29) is 29.8 Å². The molecule has 2 N–H and O–H groups in total. The summed E-state index contributed by atoms with van der Waals surface area (Å²) in [7, 11) is 1.31. The monoisotopic (exact) mass is 323 g/mol. The van der Waals surface area contributed by atoms with Crippen molar-refractivity contribution in [2.24, 2.45) is 0 Å². The molecule has 0 radical (unpaired) electrons. The minimum atomic E-state index is -0.879. The molecular formula is C14H17N3O6. The van der Waals surface area contributed by atoms with E-state index >= 15 is 0 Å². The molecule has 1 aliphatic rings. The lowest BCUT2D eigenvalue weighted by Gasteiger charge is -2.12. The van der Waals surface area contributed by atoms with Gasteiger partial charge in [0.2, 0.25) is 0 Å². The third kappa shape index (κ3) is 4.39. The second-order valence-corrected chi connectivity index (χ2v) is 4.94. The third-order valence-corrected chi connectivity index (χ3v) is 3.36. The molecule has 1 unspecified atom stereocenters. The fraction of sp³-hybridized carbons (Fsp3) is 0.429. The first-order valence-corrected chi connectivity index (χ1v) is 7.04. The topological polar surface area (TPSA) is 120 Å². The largest absolute Gasteiger partial charge is 0.494 e. The van der Waals surface area contributed by atoms with Gasteiger partial charge in [0.1, 0.15) is 5.75 Å². The molecule has 0 aromatic heterocycles. The number of nitrogens with zero attached hydrogens (tertiary/aromatic N) is 1. The summed E-state index contributed by atoms with van der Waals surface area (Å²) in [4.78, 5) is 33.7. The van der Waals surface area contributed by atoms with Gasteiger partial charge in [-0.1, -0.05) is 0 Å². The molecule has 1 aromatic rings. The number of nitrogens with one attached hydrogen (secondary N) is 2. The molecule has 0 spiro atoms. The number of methoxy groups -OCH3 is 1. The summed E-state index contributed by atoms with van der Waals surface area (Å²) in [5.41, 5.74) is -0.00181. The number of amides is 2. The molecule has 2 rings (SSSR count). The van der Waals surface area contributed by atoms with Crippen LogP contribution in [0.3, 0.4) is 0 Å². The van der Waals surface area contributed by atoms with E-state index in [1.54, 1.807) is 0 Å². The van der Waals surface area contributed by atoms with Crippen molar-refractivity contribution in [2.75, 3.05) is 25.6 Å². The van der Waals surface area contributed by atoms with Gasteiger partial charge in [-0.05, 0) is 18.9 Å². The van der Waals surface area contributed by atoms with Gasteiger partial charge in [-0.25, -0.2) is 0 Å². The van der Waals surface area contributed by atoms with E-state index < -0.39 is 16.7 Å². The lowest BCUT2D eigenvalue weighted by Crippen LogP contribution is -2.39. The Morgan fingerprint density at radius 3 is 2.83 bits per heavy atom. The maximum Gasteiger partial charge on any atom is 0.313 e. The van der Waals surface area contributed by atoms with Gasteiger partial charge in [0.05, 0.1) is 29.9 Å². The van der Waals surface area contributed by atoms with Crippen LogP contribution in [0.25, 0.3) is 0 Å². The number of nitro groups is 1. The average Bonchev–Trinajstić information content (AvgIpc) is 3.06. The van der Waals surface area contributed by atoms with Gasteiger partial charge in [-0.3, -0.25) is 19.7 Å². The molecular weight excluding hydrogens is 306 g/mol. The fourth-order valence-electron chi connectivity index (χ4n) is 2.17. The quantitative estimate of drug-likeness (QED) is 0.470. The molecule has 1 aromatic carbocycles. The van der Waals surface area contributed by atoms with Crippen LogP contribution < -0.4 is 15.4 Å². The SMILES string of the molecule is COc1cc([N+](=O)[O-])ccc1NC(=O)C(=O)NCC1CCCO1. The van der Waals surface area contributed by atoms with Gasteiger partial charge in [0.25, 0.3) is 5.69 Å². The van der Waals surface area contributed by atoms with Crippen molar-refractivity contribution in [1.29, 1.82) is 0 Å². The molecule has 9 heteroatoms. The zero-order valence-corrected chi connectivity index (χ0v) is 12.5. The van der Waals surface area contributed by atoms with Crippen LogP contribution in [0.5, 0.6) is 5.75 Å². The van der Waals surface area contributed by atoms with E-state index in [2.05, 4.69) is 10.6 Å². The van der Waals surface area contributed by atoms with Gasteiger partial charge in [-0.15, -0.1) is 0 Å². The van der Waals surface area contributed by atoms with Crippen LogP contribution in [0.15, 0.2) is 18.2 Å². The van der Waals surface area contributed by atoms with E-state index in [4.69, 9.17) is 9.47 Å². The maximum absolute atomic E-state index is 11.9. The predicted octanol–water partition coefficient (Wildman–Crippen LogP) is 0.837. The summed E-state index contributed by atoms with van der Waals surface area (Å²) in [6, 6.07) is 3.69. The van der Waals surface area contributed by atoms with Gasteiger partial charge in [-0.2, -0.15) is 0 Å². The number of carbonyl (C=O) groups is 2. The molecule has 0 bridgehead atoms. The van der Waals surface area contributed by atoms with Crippen LogP contribution in [0.4, 0.5) is 11.4 Å². The molecule has 1 heterocycles. The van der Waals surface area contributed by atoms with E-state index in [1.807, 2.05) is 0 Å². The zero-order chi connectivity index (χ0) is 16.8. The van der Waals surface area contributed by atoms with Crippen molar-refractivity contribution in [2.45, 2.75) is 18.9 Å². The third-order valence-electron chi connectivity index (χ3n) is 3.36. The highest BCUT2D eigenvalue weighted by atomic mass is 16.6. The lowest BCUT2D eigenvalue weighted by atomic mass is 10.2. The van der Waals surface area contributed by atoms with Crippen LogP contribution in [-0.2, 0) is 14.3 Å². The van der Waals surface area contributed by atoms with E-state index in [1.165, 1.54) is 25.3 Å². The molecule has 124 valence electrons. The van der Waals surface area contributed by atoms with Gasteiger partial charge >= 0.3 is 11.8 Å². The van der Waals surface area contributed by atoms with Crippen LogP contribution in [0.2, 0.25) is 0 Å². The van der Waals surface area contributed by atoms with Gasteiger partial charge in [0, 0.05) is 19.2 Å². The molecule has 0 saturated carbocycles. The molecule has 0 aliphatic carbocycles. The Morgan fingerprint density at radius 1 is 1.43 bits per heavy atom. The zero-order valence-electron chi connectivity index (χ0n) is 12.5. The molecule has 1 atom stereocenters. The average molecular weight is 323 g/mol. The lowest BCUT2D eigenvalue weighted by molar-refractivity contribution is -0.384. The Hall–Kier alpha value is -2.68. The van der Waals surface area contributed by atoms with Crippen molar-refractivity contribution in [3.05, 3.63) is 28.3 Å². The van der Waals surface area contributed by atoms with Crippen LogP contribution in [0, 0.1) is 10.1 Å². The highest BCUT2D eigenvalue weighted by molar-refractivity contribution is 6.39.